The van der Waals surface area contributed by atoms with Crippen molar-refractivity contribution in [2.75, 3.05) is 25.5 Å². The van der Waals surface area contributed by atoms with Gasteiger partial charge in [0.15, 0.2) is 5.75 Å². The standard InChI is InChI=1S/C23H30N4O3/c1-6-26(5)14-20-16(4)27(15(2)3)23(29)18-8-7-9-19(21(18)30-20)25-22(28)17-10-12-24-13-11-17/h7-13,15-16,20H,6,14H2,1-5H3,(H,25,28)/t16-,20-/m1/s1. The lowest BCUT2D eigenvalue weighted by Gasteiger charge is -2.36. The Morgan fingerprint density at radius 1 is 1.27 bits per heavy atom. The number of hydrogen-bond donors (Lipinski definition) is 1. The highest BCUT2D eigenvalue weighted by Gasteiger charge is 2.37. The lowest BCUT2D eigenvalue weighted by molar-refractivity contribution is 0.0386. The van der Waals surface area contributed by atoms with E-state index in [1.54, 1.807) is 42.7 Å². The topological polar surface area (TPSA) is 74.8 Å². The number of pyridine rings is 1. The Morgan fingerprint density at radius 3 is 2.60 bits per heavy atom. The van der Waals surface area contributed by atoms with Crippen molar-refractivity contribution < 1.29 is 14.3 Å². The van der Waals surface area contributed by atoms with Gasteiger partial charge in [-0.3, -0.25) is 14.6 Å². The van der Waals surface area contributed by atoms with Gasteiger partial charge in [-0.2, -0.15) is 0 Å². The number of amides is 2. The quantitative estimate of drug-likeness (QED) is 0.791. The highest BCUT2D eigenvalue weighted by atomic mass is 16.5. The van der Waals surface area contributed by atoms with Crippen LogP contribution in [0.1, 0.15) is 48.4 Å². The minimum atomic E-state index is -0.276. The monoisotopic (exact) mass is 410 g/mol. The number of aromatic nitrogens is 1. The molecule has 2 aromatic rings. The Balaban J connectivity index is 2.01. The molecule has 0 bridgehead atoms. The Hall–Kier alpha value is -2.93. The fraction of sp³-hybridized carbons (Fsp3) is 0.435. The molecule has 3 rings (SSSR count). The summed E-state index contributed by atoms with van der Waals surface area (Å²) in [6.45, 7) is 9.66. The molecule has 0 saturated heterocycles. The number of likely N-dealkylation sites (N-methyl/N-ethyl adjacent to an activating group) is 1. The lowest BCUT2D eigenvalue weighted by Crippen LogP contribution is -2.51. The Kier molecular flexibility index (Phi) is 6.72. The summed E-state index contributed by atoms with van der Waals surface area (Å²) >= 11 is 0. The molecule has 0 aliphatic carbocycles. The van der Waals surface area contributed by atoms with Crippen molar-refractivity contribution in [1.82, 2.24) is 14.8 Å². The van der Waals surface area contributed by atoms with Crippen LogP contribution in [0.15, 0.2) is 42.7 Å². The third-order valence-electron chi connectivity index (χ3n) is 5.50. The van der Waals surface area contributed by atoms with Gasteiger partial charge in [0.05, 0.1) is 17.3 Å². The number of rotatable bonds is 6. The number of benzene rings is 1. The minimum Gasteiger partial charge on any atom is -0.484 e. The first kappa shape index (κ1) is 21.8. The van der Waals surface area contributed by atoms with Gasteiger partial charge in [0.1, 0.15) is 6.10 Å². The van der Waals surface area contributed by atoms with Crippen LogP contribution in [0, 0.1) is 0 Å². The molecule has 2 atom stereocenters. The van der Waals surface area contributed by atoms with Gasteiger partial charge >= 0.3 is 0 Å². The maximum atomic E-state index is 13.4. The first-order chi connectivity index (χ1) is 14.3. The van der Waals surface area contributed by atoms with Gasteiger partial charge in [-0.25, -0.2) is 0 Å². The zero-order valence-electron chi connectivity index (χ0n) is 18.3. The second-order valence-corrected chi connectivity index (χ2v) is 7.93. The number of para-hydroxylation sites is 1. The van der Waals surface area contributed by atoms with Crippen LogP contribution >= 0.6 is 0 Å². The van der Waals surface area contributed by atoms with Crippen LogP contribution in [0.2, 0.25) is 0 Å². The van der Waals surface area contributed by atoms with Gasteiger partial charge < -0.3 is 19.9 Å². The molecule has 1 aromatic heterocycles. The summed E-state index contributed by atoms with van der Waals surface area (Å²) in [5, 5.41) is 2.91. The lowest BCUT2D eigenvalue weighted by atomic mass is 10.1. The van der Waals surface area contributed by atoms with Gasteiger partial charge in [-0.05, 0) is 58.6 Å². The summed E-state index contributed by atoms with van der Waals surface area (Å²) in [6, 6.07) is 8.48. The third-order valence-corrected chi connectivity index (χ3v) is 5.50. The van der Waals surface area contributed by atoms with Crippen LogP contribution in [-0.2, 0) is 0 Å². The molecule has 0 spiro atoms. The fourth-order valence-electron chi connectivity index (χ4n) is 3.71. The van der Waals surface area contributed by atoms with Crippen molar-refractivity contribution in [2.45, 2.75) is 45.9 Å². The maximum Gasteiger partial charge on any atom is 0.258 e. The molecular formula is C23H30N4O3. The second kappa shape index (κ2) is 9.26. The summed E-state index contributed by atoms with van der Waals surface area (Å²) < 4.78 is 6.43. The van der Waals surface area contributed by atoms with E-state index >= 15 is 0 Å². The number of fused-ring (bicyclic) bond motifs is 1. The third kappa shape index (κ3) is 4.46. The van der Waals surface area contributed by atoms with E-state index in [9.17, 15) is 9.59 Å². The Morgan fingerprint density at radius 2 is 1.97 bits per heavy atom. The van der Waals surface area contributed by atoms with Crippen LogP contribution < -0.4 is 10.1 Å². The van der Waals surface area contributed by atoms with Gasteiger partial charge in [0, 0.05) is 30.5 Å². The summed E-state index contributed by atoms with van der Waals surface area (Å²) in [5.74, 6) is 0.0608. The summed E-state index contributed by atoms with van der Waals surface area (Å²) in [4.78, 5) is 34.1. The number of ether oxygens (including phenoxy) is 1. The highest BCUT2D eigenvalue weighted by Crippen LogP contribution is 2.36. The highest BCUT2D eigenvalue weighted by molar-refractivity contribution is 6.07. The van der Waals surface area contributed by atoms with Gasteiger partial charge in [0.2, 0.25) is 0 Å². The molecule has 0 saturated carbocycles. The van der Waals surface area contributed by atoms with E-state index in [1.807, 2.05) is 32.7 Å². The first-order valence-electron chi connectivity index (χ1n) is 10.4. The van der Waals surface area contributed by atoms with E-state index in [2.05, 4.69) is 22.1 Å². The number of hydrogen-bond acceptors (Lipinski definition) is 5. The van der Waals surface area contributed by atoms with Crippen molar-refractivity contribution in [2.24, 2.45) is 0 Å². The van der Waals surface area contributed by atoms with Crippen LogP contribution in [-0.4, -0.2) is 64.9 Å². The van der Waals surface area contributed by atoms with Gasteiger partial charge in [0.25, 0.3) is 11.8 Å². The summed E-state index contributed by atoms with van der Waals surface area (Å²) in [6.07, 6.45) is 2.90. The van der Waals surface area contributed by atoms with Crippen molar-refractivity contribution in [3.63, 3.8) is 0 Å². The molecule has 1 aliphatic rings. The molecule has 0 radical (unpaired) electrons. The van der Waals surface area contributed by atoms with Crippen molar-refractivity contribution in [3.8, 4) is 5.75 Å². The number of carbonyl (C=O) groups is 2. The van der Waals surface area contributed by atoms with Crippen molar-refractivity contribution in [1.29, 1.82) is 0 Å². The molecule has 2 heterocycles. The molecule has 0 unspecified atom stereocenters. The second-order valence-electron chi connectivity index (χ2n) is 7.93. The van der Waals surface area contributed by atoms with Crippen molar-refractivity contribution >= 4 is 17.5 Å². The van der Waals surface area contributed by atoms with Gasteiger partial charge in [-0.1, -0.05) is 13.0 Å². The molecule has 160 valence electrons. The van der Waals surface area contributed by atoms with E-state index in [-0.39, 0.29) is 30.0 Å². The Bertz CT molecular complexity index is 901. The average Bonchev–Trinajstić information content (AvgIpc) is 2.84. The fourth-order valence-corrected chi connectivity index (χ4v) is 3.71. The number of nitrogens with one attached hydrogen (secondary N) is 1. The van der Waals surface area contributed by atoms with Crippen LogP contribution in [0.5, 0.6) is 5.75 Å². The van der Waals surface area contributed by atoms with E-state index < -0.39 is 0 Å². The molecule has 1 aliphatic heterocycles. The van der Waals surface area contributed by atoms with Crippen LogP contribution in [0.4, 0.5) is 5.69 Å². The molecule has 2 amide bonds. The van der Waals surface area contributed by atoms with E-state index in [0.29, 0.717) is 29.1 Å². The summed E-state index contributed by atoms with van der Waals surface area (Å²) in [5.41, 5.74) is 1.44. The predicted octanol–water partition coefficient (Wildman–Crippen LogP) is 3.29. The molecule has 30 heavy (non-hydrogen) atoms. The molecular weight excluding hydrogens is 380 g/mol. The minimum absolute atomic E-state index is 0.0200. The van der Waals surface area contributed by atoms with E-state index in [0.717, 1.165) is 6.54 Å². The average molecular weight is 411 g/mol. The number of nitrogens with zero attached hydrogens (tertiary/aromatic N) is 3. The van der Waals surface area contributed by atoms with E-state index in [1.165, 1.54) is 0 Å². The van der Waals surface area contributed by atoms with E-state index in [4.69, 9.17) is 4.74 Å². The van der Waals surface area contributed by atoms with Crippen LogP contribution in [0.25, 0.3) is 0 Å². The number of anilines is 1. The normalized spacial score (nSPS) is 18.8. The maximum absolute atomic E-state index is 13.4. The largest absolute Gasteiger partial charge is 0.484 e. The van der Waals surface area contributed by atoms with Crippen LogP contribution in [0.3, 0.4) is 0 Å². The zero-order valence-corrected chi connectivity index (χ0v) is 18.3. The number of carbonyl (C=O) groups excluding carboxylic acids is 2. The molecule has 7 heteroatoms. The van der Waals surface area contributed by atoms with Gasteiger partial charge in [-0.15, -0.1) is 0 Å². The molecule has 7 nitrogen and oxygen atoms in total. The smallest absolute Gasteiger partial charge is 0.258 e. The SMILES string of the molecule is CCN(C)C[C@H]1Oc2c(NC(=O)c3ccncc3)cccc2C(=O)N(C(C)C)[C@@H]1C. The Labute approximate surface area is 178 Å². The molecule has 1 N–H and O–H groups in total. The zero-order chi connectivity index (χ0) is 21.8. The first-order valence-corrected chi connectivity index (χ1v) is 10.4. The van der Waals surface area contributed by atoms with Crippen molar-refractivity contribution in [3.05, 3.63) is 53.9 Å². The summed E-state index contributed by atoms with van der Waals surface area (Å²) in [7, 11) is 2.03. The predicted molar refractivity (Wildman–Crippen MR) is 117 cm³/mol. The molecule has 0 fully saturated rings. The molecule has 1 aromatic carbocycles.